The van der Waals surface area contributed by atoms with Crippen molar-refractivity contribution in [2.75, 3.05) is 45.3 Å². The minimum Gasteiger partial charge on any atom is -0.493 e. The molecule has 8 nitrogen and oxygen atoms in total. The number of para-hydroxylation sites is 1. The number of rotatable bonds is 7. The van der Waals surface area contributed by atoms with Crippen LogP contribution in [0.5, 0.6) is 11.5 Å². The number of amides is 2. The molecule has 2 aromatic carbocycles. The predicted octanol–water partition coefficient (Wildman–Crippen LogP) is 3.50. The Bertz CT molecular complexity index is 1150. The molecule has 35 heavy (non-hydrogen) atoms. The number of anilines is 1. The van der Waals surface area contributed by atoms with E-state index >= 15 is 0 Å². The second-order valence-electron chi connectivity index (χ2n) is 7.36. The fraction of sp³-hybridized carbons (Fsp3) is 0.292. The summed E-state index contributed by atoms with van der Waals surface area (Å²) in [6.45, 7) is 1.68. The van der Waals surface area contributed by atoms with Crippen molar-refractivity contribution in [3.05, 3.63) is 59.2 Å². The number of ether oxygens (including phenoxy) is 3. The number of carbonyl (C=O) groups excluding carboxylic acids is 2. The molecule has 3 rings (SSSR count). The standard InChI is InChI=1S/C24H22F3N3O5/c1-33-21-13-16(6-7-20(21)35-15-22(31)30-8-10-34-11-9-30)12-17(14-28)23(32)29-19-5-3-2-4-18(19)24(25,26)27/h2-7,12-13H,8-11,15H2,1H3,(H,29,32)/b17-12+. The lowest BCUT2D eigenvalue weighted by molar-refractivity contribution is -0.138. The van der Waals surface area contributed by atoms with E-state index in [-0.39, 0.29) is 24.0 Å². The van der Waals surface area contributed by atoms with Crippen molar-refractivity contribution >= 4 is 23.6 Å². The van der Waals surface area contributed by atoms with Gasteiger partial charge in [0.25, 0.3) is 11.8 Å². The van der Waals surface area contributed by atoms with Crippen molar-refractivity contribution in [3.8, 4) is 17.6 Å². The highest BCUT2D eigenvalue weighted by atomic mass is 19.4. The number of alkyl halides is 3. The molecule has 0 saturated carbocycles. The molecule has 0 bridgehead atoms. The molecule has 0 atom stereocenters. The van der Waals surface area contributed by atoms with E-state index in [4.69, 9.17) is 14.2 Å². The fourth-order valence-corrected chi connectivity index (χ4v) is 3.28. The summed E-state index contributed by atoms with van der Waals surface area (Å²) in [5.41, 5.74) is -1.54. The van der Waals surface area contributed by atoms with Crippen molar-refractivity contribution in [2.24, 2.45) is 0 Å². The van der Waals surface area contributed by atoms with Crippen molar-refractivity contribution in [3.63, 3.8) is 0 Å². The maximum atomic E-state index is 13.2. The molecule has 1 heterocycles. The van der Waals surface area contributed by atoms with Crippen LogP contribution in [0.2, 0.25) is 0 Å². The molecule has 1 fully saturated rings. The molecule has 0 radical (unpaired) electrons. The summed E-state index contributed by atoms with van der Waals surface area (Å²) < 4.78 is 55.6. The Hall–Kier alpha value is -4.04. The number of nitrogens with zero attached hydrogens (tertiary/aromatic N) is 2. The van der Waals surface area contributed by atoms with E-state index in [1.54, 1.807) is 11.0 Å². The largest absolute Gasteiger partial charge is 0.493 e. The summed E-state index contributed by atoms with van der Waals surface area (Å²) >= 11 is 0. The molecule has 1 saturated heterocycles. The lowest BCUT2D eigenvalue weighted by Gasteiger charge is -2.26. The van der Waals surface area contributed by atoms with Crippen molar-refractivity contribution in [1.29, 1.82) is 5.26 Å². The van der Waals surface area contributed by atoms with Crippen molar-refractivity contribution < 1.29 is 37.0 Å². The topological polar surface area (TPSA) is 101 Å². The van der Waals surface area contributed by atoms with Crippen LogP contribution in [-0.2, 0) is 20.5 Å². The molecule has 1 aliphatic heterocycles. The van der Waals surface area contributed by atoms with Gasteiger partial charge in [0, 0.05) is 13.1 Å². The van der Waals surface area contributed by atoms with Crippen LogP contribution in [0.3, 0.4) is 0 Å². The van der Waals surface area contributed by atoms with E-state index in [9.17, 15) is 28.0 Å². The molecule has 2 aromatic rings. The van der Waals surface area contributed by atoms with Gasteiger partial charge in [-0.3, -0.25) is 9.59 Å². The Labute approximate surface area is 199 Å². The Morgan fingerprint density at radius 1 is 1.17 bits per heavy atom. The van der Waals surface area contributed by atoms with Crippen LogP contribution in [-0.4, -0.2) is 56.7 Å². The third-order valence-corrected chi connectivity index (χ3v) is 5.06. The summed E-state index contributed by atoms with van der Waals surface area (Å²) in [7, 11) is 1.38. The highest BCUT2D eigenvalue weighted by Crippen LogP contribution is 2.35. The normalized spacial score (nSPS) is 14.1. The van der Waals surface area contributed by atoms with Gasteiger partial charge in [0.2, 0.25) is 0 Å². The monoisotopic (exact) mass is 489 g/mol. The van der Waals surface area contributed by atoms with Gasteiger partial charge in [-0.25, -0.2) is 0 Å². The molecule has 11 heteroatoms. The molecule has 0 aliphatic carbocycles. The Balaban J connectivity index is 1.73. The lowest BCUT2D eigenvalue weighted by Crippen LogP contribution is -2.43. The van der Waals surface area contributed by atoms with E-state index in [0.29, 0.717) is 31.9 Å². The molecule has 0 unspecified atom stereocenters. The number of nitrogens with one attached hydrogen (secondary N) is 1. The zero-order valence-electron chi connectivity index (χ0n) is 18.7. The summed E-state index contributed by atoms with van der Waals surface area (Å²) in [4.78, 5) is 26.4. The minimum atomic E-state index is -4.67. The fourth-order valence-electron chi connectivity index (χ4n) is 3.28. The number of carbonyl (C=O) groups is 2. The van der Waals surface area contributed by atoms with E-state index in [0.717, 1.165) is 12.1 Å². The van der Waals surface area contributed by atoms with Crippen LogP contribution in [0.1, 0.15) is 11.1 Å². The molecule has 1 aliphatic rings. The molecule has 0 aromatic heterocycles. The lowest BCUT2D eigenvalue weighted by atomic mass is 10.1. The van der Waals surface area contributed by atoms with Crippen LogP contribution in [0, 0.1) is 11.3 Å². The van der Waals surface area contributed by atoms with Gasteiger partial charge >= 0.3 is 6.18 Å². The SMILES string of the molecule is COc1cc(/C=C(\C#N)C(=O)Nc2ccccc2C(F)(F)F)ccc1OCC(=O)N1CCOCC1. The minimum absolute atomic E-state index is 0.207. The third kappa shape index (κ3) is 6.74. The number of nitriles is 1. The van der Waals surface area contributed by atoms with E-state index in [2.05, 4.69) is 5.32 Å². The molecule has 1 N–H and O–H groups in total. The number of methoxy groups -OCH3 is 1. The first kappa shape index (κ1) is 25.6. The molecular formula is C24H22F3N3O5. The van der Waals surface area contributed by atoms with E-state index in [1.165, 1.54) is 43.5 Å². The zero-order chi connectivity index (χ0) is 25.4. The van der Waals surface area contributed by atoms with Crippen molar-refractivity contribution in [1.82, 2.24) is 4.90 Å². The number of hydrogen-bond donors (Lipinski definition) is 1. The molecule has 0 spiro atoms. The summed E-state index contributed by atoms with van der Waals surface area (Å²) in [6.07, 6.45) is -3.47. The Kier molecular flexibility index (Phi) is 8.33. The first-order valence-electron chi connectivity index (χ1n) is 10.5. The summed E-state index contributed by atoms with van der Waals surface area (Å²) in [5.74, 6) is -0.691. The van der Waals surface area contributed by atoms with Gasteiger partial charge in [-0.1, -0.05) is 18.2 Å². The quantitative estimate of drug-likeness (QED) is 0.472. The van der Waals surface area contributed by atoms with Gasteiger partial charge in [-0.15, -0.1) is 0 Å². The Morgan fingerprint density at radius 2 is 1.89 bits per heavy atom. The number of benzene rings is 2. The van der Waals surface area contributed by atoms with Crippen LogP contribution in [0.25, 0.3) is 6.08 Å². The van der Waals surface area contributed by atoms with E-state index < -0.39 is 28.9 Å². The smallest absolute Gasteiger partial charge is 0.418 e. The molecule has 184 valence electrons. The van der Waals surface area contributed by atoms with E-state index in [1.807, 2.05) is 0 Å². The van der Waals surface area contributed by atoms with Gasteiger partial charge in [0.15, 0.2) is 18.1 Å². The average molecular weight is 489 g/mol. The second kappa shape index (κ2) is 11.4. The molecular weight excluding hydrogens is 467 g/mol. The van der Waals surface area contributed by atoms with Gasteiger partial charge in [-0.2, -0.15) is 18.4 Å². The number of hydrogen-bond acceptors (Lipinski definition) is 6. The summed E-state index contributed by atoms with van der Waals surface area (Å²) in [6, 6.07) is 10.7. The highest BCUT2D eigenvalue weighted by molar-refractivity contribution is 6.10. The van der Waals surface area contributed by atoms with Gasteiger partial charge in [0.1, 0.15) is 11.6 Å². The first-order chi connectivity index (χ1) is 16.7. The van der Waals surface area contributed by atoms with Gasteiger partial charge in [-0.05, 0) is 35.9 Å². The maximum absolute atomic E-state index is 13.2. The zero-order valence-corrected chi connectivity index (χ0v) is 18.7. The van der Waals surface area contributed by atoms with Crippen LogP contribution in [0.4, 0.5) is 18.9 Å². The van der Waals surface area contributed by atoms with Gasteiger partial charge < -0.3 is 24.4 Å². The van der Waals surface area contributed by atoms with Crippen LogP contribution in [0.15, 0.2) is 48.0 Å². The first-order valence-corrected chi connectivity index (χ1v) is 10.5. The Morgan fingerprint density at radius 3 is 2.54 bits per heavy atom. The third-order valence-electron chi connectivity index (χ3n) is 5.06. The number of morpholine rings is 1. The maximum Gasteiger partial charge on any atom is 0.418 e. The second-order valence-corrected chi connectivity index (χ2v) is 7.36. The van der Waals surface area contributed by atoms with Gasteiger partial charge in [0.05, 0.1) is 31.6 Å². The highest BCUT2D eigenvalue weighted by Gasteiger charge is 2.33. The van der Waals surface area contributed by atoms with Crippen molar-refractivity contribution in [2.45, 2.75) is 6.18 Å². The average Bonchev–Trinajstić information content (AvgIpc) is 2.86. The van der Waals surface area contributed by atoms with Crippen LogP contribution < -0.4 is 14.8 Å². The molecule has 2 amide bonds. The summed E-state index contributed by atoms with van der Waals surface area (Å²) in [5, 5.41) is 11.5. The van der Waals surface area contributed by atoms with Crippen LogP contribution >= 0.6 is 0 Å². The predicted molar refractivity (Wildman–Crippen MR) is 120 cm³/mol. The number of halogens is 3.